The van der Waals surface area contributed by atoms with Gasteiger partial charge in [-0.1, -0.05) is 32.9 Å². The van der Waals surface area contributed by atoms with Crippen LogP contribution in [0.1, 0.15) is 72.7 Å². The zero-order valence-electron chi connectivity index (χ0n) is 14.4. The fraction of sp³-hybridized carbons (Fsp3) is 0.800. The molecule has 1 heterocycles. The summed E-state index contributed by atoms with van der Waals surface area (Å²) >= 11 is 0. The Labute approximate surface area is 131 Å². The Morgan fingerprint density at radius 3 is 2.32 bits per heavy atom. The standard InChI is InChI=1S/C15H27N3O4/c1-8-9(16-13(20)21-15(5,6)7)10(19)11-17-12(22-18-11)14(2,3)4/h9-10,19H,8H2,1-7H3,(H,16,20). The first kappa shape index (κ1) is 18.4. The number of rotatable bonds is 4. The predicted molar refractivity (Wildman–Crippen MR) is 81.4 cm³/mol. The third-order valence-corrected chi connectivity index (χ3v) is 2.87. The van der Waals surface area contributed by atoms with Crippen LogP contribution in [0.15, 0.2) is 4.52 Å². The van der Waals surface area contributed by atoms with Crippen LogP contribution >= 0.6 is 0 Å². The van der Waals surface area contributed by atoms with Crippen LogP contribution in [0.2, 0.25) is 0 Å². The summed E-state index contributed by atoms with van der Waals surface area (Å²) in [6, 6.07) is -0.555. The molecule has 0 aliphatic rings. The van der Waals surface area contributed by atoms with Crippen molar-refractivity contribution >= 4 is 6.09 Å². The molecule has 22 heavy (non-hydrogen) atoms. The first-order valence-electron chi connectivity index (χ1n) is 7.45. The number of nitrogens with one attached hydrogen (secondary N) is 1. The van der Waals surface area contributed by atoms with Crippen LogP contribution in [0.25, 0.3) is 0 Å². The Balaban J connectivity index is 2.78. The van der Waals surface area contributed by atoms with Gasteiger partial charge in [-0.3, -0.25) is 0 Å². The monoisotopic (exact) mass is 313 g/mol. The Morgan fingerprint density at radius 1 is 1.32 bits per heavy atom. The summed E-state index contributed by atoms with van der Waals surface area (Å²) in [5, 5.41) is 16.8. The number of nitrogens with zero attached hydrogens (tertiary/aromatic N) is 2. The van der Waals surface area contributed by atoms with Gasteiger partial charge in [-0.15, -0.1) is 0 Å². The maximum absolute atomic E-state index is 11.8. The van der Waals surface area contributed by atoms with Gasteiger partial charge >= 0.3 is 6.09 Å². The highest BCUT2D eigenvalue weighted by Crippen LogP contribution is 2.23. The van der Waals surface area contributed by atoms with Crippen molar-refractivity contribution in [3.63, 3.8) is 0 Å². The molecule has 1 aromatic heterocycles. The second-order valence-corrected chi connectivity index (χ2v) is 7.31. The molecule has 0 fully saturated rings. The van der Waals surface area contributed by atoms with E-state index in [0.29, 0.717) is 12.3 Å². The number of aromatic nitrogens is 2. The summed E-state index contributed by atoms with van der Waals surface area (Å²) in [4.78, 5) is 16.0. The molecule has 0 saturated carbocycles. The second kappa shape index (κ2) is 6.64. The molecule has 0 radical (unpaired) electrons. The van der Waals surface area contributed by atoms with Crippen LogP contribution in [0, 0.1) is 0 Å². The van der Waals surface area contributed by atoms with E-state index in [-0.39, 0.29) is 11.2 Å². The highest BCUT2D eigenvalue weighted by molar-refractivity contribution is 5.68. The van der Waals surface area contributed by atoms with E-state index in [2.05, 4.69) is 15.5 Å². The van der Waals surface area contributed by atoms with E-state index >= 15 is 0 Å². The first-order chi connectivity index (χ1) is 9.94. The lowest BCUT2D eigenvalue weighted by molar-refractivity contribution is 0.0406. The number of aliphatic hydroxyl groups is 1. The van der Waals surface area contributed by atoms with Crippen molar-refractivity contribution in [1.29, 1.82) is 0 Å². The van der Waals surface area contributed by atoms with Crippen molar-refractivity contribution in [1.82, 2.24) is 15.5 Å². The van der Waals surface area contributed by atoms with E-state index in [1.54, 1.807) is 20.8 Å². The van der Waals surface area contributed by atoms with Crippen molar-refractivity contribution < 1.29 is 19.2 Å². The van der Waals surface area contributed by atoms with E-state index in [0.717, 1.165) is 0 Å². The molecule has 2 unspecified atom stereocenters. The molecule has 7 nitrogen and oxygen atoms in total. The number of hydrogen-bond acceptors (Lipinski definition) is 6. The molecule has 1 amide bonds. The first-order valence-corrected chi connectivity index (χ1v) is 7.45. The smallest absolute Gasteiger partial charge is 0.407 e. The van der Waals surface area contributed by atoms with Gasteiger partial charge < -0.3 is 19.7 Å². The number of carbonyl (C=O) groups excluding carboxylic acids is 1. The van der Waals surface area contributed by atoms with E-state index in [4.69, 9.17) is 9.26 Å². The Kier molecular flexibility index (Phi) is 5.56. The summed E-state index contributed by atoms with van der Waals surface area (Å²) in [5.74, 6) is 0.599. The highest BCUT2D eigenvalue weighted by Gasteiger charge is 2.30. The number of alkyl carbamates (subject to hydrolysis) is 1. The second-order valence-electron chi connectivity index (χ2n) is 7.31. The average Bonchev–Trinajstić information content (AvgIpc) is 2.82. The normalized spacial score (nSPS) is 15.3. The quantitative estimate of drug-likeness (QED) is 0.887. The average molecular weight is 313 g/mol. The molecular formula is C15H27N3O4. The maximum Gasteiger partial charge on any atom is 0.407 e. The Hall–Kier alpha value is -1.63. The summed E-state index contributed by atoms with van der Waals surface area (Å²) < 4.78 is 10.4. The maximum atomic E-state index is 11.8. The minimum absolute atomic E-state index is 0.160. The zero-order chi connectivity index (χ0) is 17.1. The molecule has 0 aromatic carbocycles. The van der Waals surface area contributed by atoms with Crippen molar-refractivity contribution in [3.8, 4) is 0 Å². The molecule has 2 atom stereocenters. The molecule has 1 aromatic rings. The van der Waals surface area contributed by atoms with E-state index < -0.39 is 23.8 Å². The zero-order valence-corrected chi connectivity index (χ0v) is 14.4. The van der Waals surface area contributed by atoms with Crippen LogP contribution in [0.3, 0.4) is 0 Å². The number of aliphatic hydroxyl groups excluding tert-OH is 1. The molecule has 0 aliphatic carbocycles. The van der Waals surface area contributed by atoms with Crippen LogP contribution < -0.4 is 5.32 Å². The predicted octanol–water partition coefficient (Wildman–Crippen LogP) is 2.70. The largest absolute Gasteiger partial charge is 0.444 e. The number of carbonyl (C=O) groups is 1. The van der Waals surface area contributed by atoms with Crippen LogP contribution in [-0.4, -0.2) is 33.0 Å². The Morgan fingerprint density at radius 2 is 1.91 bits per heavy atom. The van der Waals surface area contributed by atoms with E-state index in [1.165, 1.54) is 0 Å². The van der Waals surface area contributed by atoms with Crippen molar-refractivity contribution in [2.45, 2.75) is 78.0 Å². The Bertz CT molecular complexity index is 500. The minimum atomic E-state index is -1.06. The van der Waals surface area contributed by atoms with E-state index in [9.17, 15) is 9.90 Å². The molecule has 2 N–H and O–H groups in total. The fourth-order valence-electron chi connectivity index (χ4n) is 1.70. The number of hydrogen-bond donors (Lipinski definition) is 2. The summed E-state index contributed by atoms with van der Waals surface area (Å²) in [7, 11) is 0. The minimum Gasteiger partial charge on any atom is -0.444 e. The van der Waals surface area contributed by atoms with Gasteiger partial charge in [0.25, 0.3) is 0 Å². The number of amides is 1. The highest BCUT2D eigenvalue weighted by atomic mass is 16.6. The lowest BCUT2D eigenvalue weighted by atomic mass is 9.97. The van der Waals surface area contributed by atoms with Gasteiger partial charge in [-0.25, -0.2) is 4.79 Å². The lowest BCUT2D eigenvalue weighted by Crippen LogP contribution is -2.42. The van der Waals surface area contributed by atoms with Gasteiger partial charge in [0.15, 0.2) is 0 Å². The molecular weight excluding hydrogens is 286 g/mol. The molecule has 0 spiro atoms. The summed E-state index contributed by atoms with van der Waals surface area (Å²) in [6.07, 6.45) is -1.14. The van der Waals surface area contributed by atoms with Gasteiger partial charge in [0.2, 0.25) is 11.7 Å². The summed E-state index contributed by atoms with van der Waals surface area (Å²) in [6.45, 7) is 13.0. The summed E-state index contributed by atoms with van der Waals surface area (Å²) in [5.41, 5.74) is -0.899. The SMILES string of the molecule is CCC(NC(=O)OC(C)(C)C)C(O)c1noc(C(C)(C)C)n1. The third-order valence-electron chi connectivity index (χ3n) is 2.87. The van der Waals surface area contributed by atoms with Gasteiger partial charge in [-0.2, -0.15) is 4.98 Å². The van der Waals surface area contributed by atoms with Gasteiger partial charge in [0.1, 0.15) is 11.7 Å². The number of ether oxygens (including phenoxy) is 1. The molecule has 126 valence electrons. The molecule has 0 bridgehead atoms. The van der Waals surface area contributed by atoms with Crippen molar-refractivity contribution in [3.05, 3.63) is 11.7 Å². The van der Waals surface area contributed by atoms with E-state index in [1.807, 2.05) is 27.7 Å². The molecule has 0 aliphatic heterocycles. The third kappa shape index (κ3) is 5.29. The lowest BCUT2D eigenvalue weighted by Gasteiger charge is -2.24. The van der Waals surface area contributed by atoms with Crippen molar-refractivity contribution in [2.75, 3.05) is 0 Å². The van der Waals surface area contributed by atoms with Crippen LogP contribution in [-0.2, 0) is 10.2 Å². The van der Waals surface area contributed by atoms with Gasteiger partial charge in [0.05, 0.1) is 6.04 Å². The molecule has 1 rings (SSSR count). The van der Waals surface area contributed by atoms with Crippen molar-refractivity contribution in [2.24, 2.45) is 0 Å². The topological polar surface area (TPSA) is 97.5 Å². The van der Waals surface area contributed by atoms with Crippen LogP contribution in [0.5, 0.6) is 0 Å². The van der Waals surface area contributed by atoms with Crippen LogP contribution in [0.4, 0.5) is 4.79 Å². The molecule has 7 heteroatoms. The van der Waals surface area contributed by atoms with Gasteiger partial charge in [0, 0.05) is 5.41 Å². The fourth-order valence-corrected chi connectivity index (χ4v) is 1.70. The van der Waals surface area contributed by atoms with Gasteiger partial charge in [-0.05, 0) is 27.2 Å². The molecule has 0 saturated heterocycles.